The third kappa shape index (κ3) is 2.64. The van der Waals surface area contributed by atoms with Gasteiger partial charge in [0.15, 0.2) is 21.3 Å². The summed E-state index contributed by atoms with van der Waals surface area (Å²) in [6, 6.07) is 3.17. The van der Waals surface area contributed by atoms with Gasteiger partial charge < -0.3 is 14.7 Å². The molecule has 4 N–H and O–H groups in total. The smallest absolute Gasteiger partial charge is 0.421 e. The number of hydrogen-bond acceptors (Lipinski definition) is 8. The van der Waals surface area contributed by atoms with Crippen LogP contribution in [0, 0.1) is 0 Å². The highest BCUT2D eigenvalue weighted by molar-refractivity contribution is 7.94. The van der Waals surface area contributed by atoms with Crippen molar-refractivity contribution in [2.24, 2.45) is 5.84 Å². The van der Waals surface area contributed by atoms with Crippen molar-refractivity contribution in [3.63, 3.8) is 0 Å². The van der Waals surface area contributed by atoms with Gasteiger partial charge in [-0.25, -0.2) is 23.8 Å². The van der Waals surface area contributed by atoms with Crippen LogP contribution in [0.3, 0.4) is 0 Å². The van der Waals surface area contributed by atoms with Crippen LogP contribution >= 0.6 is 0 Å². The number of nitrogens with zero attached hydrogens (tertiary/aromatic N) is 2. The van der Waals surface area contributed by atoms with Crippen molar-refractivity contribution >= 4 is 33.9 Å². The Labute approximate surface area is 153 Å². The third-order valence-corrected chi connectivity index (χ3v) is 7.34. The van der Waals surface area contributed by atoms with Gasteiger partial charge in [-0.15, -0.1) is 0 Å². The number of nitrogens with two attached hydrogens (primary N) is 1. The van der Waals surface area contributed by atoms with E-state index in [-0.39, 0.29) is 5.57 Å². The Kier molecular flexibility index (Phi) is 4.40. The molecule has 11 nitrogen and oxygen atoms in total. The van der Waals surface area contributed by atoms with E-state index in [4.69, 9.17) is 10.6 Å². The molecule has 2 amide bonds. The number of hydrazine groups is 1. The molecule has 12 heteroatoms. The number of carboxylic acid groups (broad SMARTS) is 1. The van der Waals surface area contributed by atoms with Crippen molar-refractivity contribution in [1.29, 1.82) is 0 Å². The summed E-state index contributed by atoms with van der Waals surface area (Å²) in [5, 5.41) is 8.09. The third-order valence-electron chi connectivity index (χ3n) is 4.63. The van der Waals surface area contributed by atoms with Crippen molar-refractivity contribution in [1.82, 2.24) is 15.3 Å². The Morgan fingerprint density at radius 3 is 2.74 bits per heavy atom. The number of carboxylic acids is 1. The maximum absolute atomic E-state index is 13.1. The lowest BCUT2D eigenvalue weighted by atomic mass is 9.94. The SMILES string of the molecule is C[C@]1(COC(=O)NN)[C@H](C(=O)O)N2C(=O)C(=Cc3ccccn3)[C@H]2S1(=O)=O. The van der Waals surface area contributed by atoms with Crippen LogP contribution in [0.15, 0.2) is 30.0 Å². The molecule has 1 aromatic rings. The standard InChI is InChI=1S/C15H16N4O7S/c1-15(7-26-14(23)18-16)10(13(21)22)19-11(20)9(12(19)27(15,24)25)6-8-4-2-3-5-17-8/h2-6,10,12H,7,16H2,1H3,(H,18,23)(H,21,22)/t10-,12+,15-/m0/s1. The average molecular weight is 396 g/mol. The number of aliphatic carboxylic acids is 1. The van der Waals surface area contributed by atoms with E-state index in [1.165, 1.54) is 12.3 Å². The van der Waals surface area contributed by atoms with Gasteiger partial charge in [-0.05, 0) is 25.1 Å². The van der Waals surface area contributed by atoms with E-state index in [0.717, 1.165) is 11.8 Å². The Hall–Kier alpha value is -2.99. The predicted octanol–water partition coefficient (Wildman–Crippen LogP) is -1.13. The topological polar surface area (TPSA) is 169 Å². The minimum Gasteiger partial charge on any atom is -0.480 e. The molecule has 3 atom stereocenters. The molecule has 27 heavy (non-hydrogen) atoms. The van der Waals surface area contributed by atoms with Gasteiger partial charge in [0.25, 0.3) is 5.91 Å². The van der Waals surface area contributed by atoms with Crippen LogP contribution in [-0.4, -0.2) is 64.1 Å². The van der Waals surface area contributed by atoms with Crippen LogP contribution < -0.4 is 11.3 Å². The van der Waals surface area contributed by atoms with E-state index in [0.29, 0.717) is 5.69 Å². The molecular formula is C15H16N4O7S. The first-order valence-electron chi connectivity index (χ1n) is 7.70. The van der Waals surface area contributed by atoms with Crippen LogP contribution in [-0.2, 0) is 24.2 Å². The number of β-lactam (4-membered cyclic amide) rings is 1. The second-order valence-corrected chi connectivity index (χ2v) is 8.71. The highest BCUT2D eigenvalue weighted by atomic mass is 32.2. The van der Waals surface area contributed by atoms with Gasteiger partial charge >= 0.3 is 12.1 Å². The number of nitrogens with one attached hydrogen (secondary N) is 1. The zero-order chi connectivity index (χ0) is 20.0. The molecule has 2 aliphatic rings. The van der Waals surface area contributed by atoms with Gasteiger partial charge in [0.1, 0.15) is 11.4 Å². The molecule has 0 aromatic carbocycles. The molecule has 0 saturated carbocycles. The van der Waals surface area contributed by atoms with Crippen molar-refractivity contribution in [3.05, 3.63) is 35.7 Å². The molecule has 0 spiro atoms. The average Bonchev–Trinajstić information content (AvgIpc) is 2.80. The molecule has 2 fully saturated rings. The lowest BCUT2D eigenvalue weighted by Crippen LogP contribution is -2.59. The summed E-state index contributed by atoms with van der Waals surface area (Å²) in [7, 11) is -4.25. The maximum atomic E-state index is 13.1. The maximum Gasteiger partial charge on any atom is 0.421 e. The second-order valence-electron chi connectivity index (χ2n) is 6.24. The Morgan fingerprint density at radius 2 is 2.19 bits per heavy atom. The van der Waals surface area contributed by atoms with Crippen LogP contribution in [0.2, 0.25) is 0 Å². The first-order valence-corrected chi connectivity index (χ1v) is 9.24. The molecule has 1 aromatic heterocycles. The number of amides is 2. The number of fused-ring (bicyclic) bond motifs is 1. The first-order chi connectivity index (χ1) is 12.6. The largest absolute Gasteiger partial charge is 0.480 e. The molecule has 0 aliphatic carbocycles. The van der Waals surface area contributed by atoms with E-state index in [9.17, 15) is 27.9 Å². The fourth-order valence-corrected chi connectivity index (χ4v) is 5.54. The molecule has 3 heterocycles. The van der Waals surface area contributed by atoms with Gasteiger partial charge in [0.05, 0.1) is 11.3 Å². The number of sulfone groups is 1. The summed E-state index contributed by atoms with van der Waals surface area (Å²) in [4.78, 5) is 40.3. The Balaban J connectivity index is 2.04. The highest BCUT2D eigenvalue weighted by Crippen LogP contribution is 2.49. The lowest BCUT2D eigenvalue weighted by molar-refractivity contribution is -0.153. The van der Waals surface area contributed by atoms with E-state index in [2.05, 4.69) is 4.98 Å². The highest BCUT2D eigenvalue weighted by Gasteiger charge is 2.72. The predicted molar refractivity (Wildman–Crippen MR) is 90.3 cm³/mol. The zero-order valence-corrected chi connectivity index (χ0v) is 14.8. The summed E-state index contributed by atoms with van der Waals surface area (Å²) in [5.74, 6) is 2.64. The van der Waals surface area contributed by atoms with E-state index in [1.54, 1.807) is 23.6 Å². The van der Waals surface area contributed by atoms with Crippen LogP contribution in [0.25, 0.3) is 6.08 Å². The minimum absolute atomic E-state index is 0.0908. The van der Waals surface area contributed by atoms with E-state index in [1.807, 2.05) is 0 Å². The van der Waals surface area contributed by atoms with Crippen LogP contribution in [0.1, 0.15) is 12.6 Å². The molecular weight excluding hydrogens is 380 g/mol. The number of aromatic nitrogens is 1. The molecule has 0 radical (unpaired) electrons. The monoisotopic (exact) mass is 396 g/mol. The number of carbonyl (C=O) groups is 3. The summed E-state index contributed by atoms with van der Waals surface area (Å²) in [6.07, 6.45) is 1.65. The van der Waals surface area contributed by atoms with E-state index >= 15 is 0 Å². The second kappa shape index (κ2) is 6.32. The summed E-state index contributed by atoms with van der Waals surface area (Å²) in [6.45, 7) is 0.335. The van der Waals surface area contributed by atoms with E-state index < -0.39 is 50.6 Å². The number of carbonyl (C=O) groups excluding carboxylic acids is 2. The number of rotatable bonds is 4. The van der Waals surface area contributed by atoms with Crippen molar-refractivity contribution in [2.45, 2.75) is 23.1 Å². The van der Waals surface area contributed by atoms with Gasteiger partial charge in [-0.1, -0.05) is 6.07 Å². The van der Waals surface area contributed by atoms with Gasteiger partial charge in [-0.3, -0.25) is 15.2 Å². The number of ether oxygens (including phenoxy) is 1. The molecule has 3 rings (SSSR count). The minimum atomic E-state index is -4.25. The van der Waals surface area contributed by atoms with Gasteiger partial charge in [0.2, 0.25) is 0 Å². The molecule has 144 valence electrons. The normalized spacial score (nSPS) is 29.8. The fourth-order valence-electron chi connectivity index (χ4n) is 3.26. The lowest BCUT2D eigenvalue weighted by Gasteiger charge is -2.37. The Bertz CT molecular complexity index is 946. The summed E-state index contributed by atoms with van der Waals surface area (Å²) in [5.41, 5.74) is 1.93. The van der Waals surface area contributed by atoms with Crippen molar-refractivity contribution in [2.75, 3.05) is 6.61 Å². The fraction of sp³-hybridized carbons (Fsp3) is 0.333. The molecule has 0 unspecified atom stereocenters. The van der Waals surface area contributed by atoms with Gasteiger partial charge in [-0.2, -0.15) is 0 Å². The van der Waals surface area contributed by atoms with Crippen molar-refractivity contribution < 1.29 is 32.6 Å². The molecule has 2 saturated heterocycles. The zero-order valence-electron chi connectivity index (χ0n) is 14.0. The van der Waals surface area contributed by atoms with Gasteiger partial charge in [0, 0.05) is 6.20 Å². The Morgan fingerprint density at radius 1 is 1.48 bits per heavy atom. The number of hydrogen-bond donors (Lipinski definition) is 3. The van der Waals surface area contributed by atoms with Crippen LogP contribution in [0.5, 0.6) is 0 Å². The summed E-state index contributed by atoms with van der Waals surface area (Å²) < 4.78 is 28.8. The molecule has 0 bridgehead atoms. The van der Waals surface area contributed by atoms with Crippen molar-refractivity contribution in [3.8, 4) is 0 Å². The number of pyridine rings is 1. The quantitative estimate of drug-likeness (QED) is 0.187. The molecule has 2 aliphatic heterocycles. The summed E-state index contributed by atoms with van der Waals surface area (Å²) >= 11 is 0. The first kappa shape index (κ1) is 18.8. The van der Waals surface area contributed by atoms with Crippen LogP contribution in [0.4, 0.5) is 4.79 Å².